The largest absolute Gasteiger partial charge is 0.321 e. The first-order chi connectivity index (χ1) is 13.1. The maximum atomic E-state index is 12.6. The molecule has 0 spiro atoms. The molecule has 0 radical (unpaired) electrons. The molecule has 3 rings (SSSR count). The molecule has 3 aromatic rings. The van der Waals surface area contributed by atoms with E-state index in [-0.39, 0.29) is 5.91 Å². The Hall–Kier alpha value is -3.85. The first-order valence-corrected chi connectivity index (χ1v) is 7.95. The zero-order valence-corrected chi connectivity index (χ0v) is 14.3. The van der Waals surface area contributed by atoms with Crippen molar-refractivity contribution in [3.05, 3.63) is 71.6 Å². The van der Waals surface area contributed by atoms with Crippen molar-refractivity contribution in [3.8, 4) is 5.69 Å². The number of hydrogen-bond donors (Lipinski definition) is 3. The summed E-state index contributed by atoms with van der Waals surface area (Å²) in [7, 11) is 0. The highest BCUT2D eigenvalue weighted by Gasteiger charge is 2.11. The predicted molar refractivity (Wildman–Crippen MR) is 97.2 cm³/mol. The summed E-state index contributed by atoms with van der Waals surface area (Å²) in [5.74, 6) is -0.959. The minimum absolute atomic E-state index is 0.297. The van der Waals surface area contributed by atoms with E-state index in [0.717, 1.165) is 17.3 Å². The van der Waals surface area contributed by atoms with E-state index in [1.54, 1.807) is 42.5 Å². The fourth-order valence-electron chi connectivity index (χ4n) is 2.48. The number of amides is 2. The summed E-state index contributed by atoms with van der Waals surface area (Å²) in [5.41, 5.74) is 4.75. The van der Waals surface area contributed by atoms with Gasteiger partial charge in [0, 0.05) is 17.3 Å². The van der Waals surface area contributed by atoms with Gasteiger partial charge in [-0.25, -0.2) is 10.2 Å². The molecule has 0 unspecified atom stereocenters. The number of anilines is 1. The summed E-state index contributed by atoms with van der Waals surface area (Å²) in [6.45, 7) is 1.86. The van der Waals surface area contributed by atoms with Crippen LogP contribution in [0, 0.1) is 6.92 Å². The second kappa shape index (κ2) is 8.02. The zero-order chi connectivity index (χ0) is 19.2. The monoisotopic (exact) mass is 364 g/mol. The van der Waals surface area contributed by atoms with Crippen molar-refractivity contribution in [2.24, 2.45) is 0 Å². The third kappa shape index (κ3) is 4.22. The number of carbonyl (C=O) groups is 2. The van der Waals surface area contributed by atoms with Crippen molar-refractivity contribution in [2.45, 2.75) is 6.92 Å². The van der Waals surface area contributed by atoms with Gasteiger partial charge in [0.15, 0.2) is 0 Å². The molecular formula is C18H16N6O3. The number of hydrogen-bond acceptors (Lipinski definition) is 6. The number of rotatable bonds is 5. The molecule has 1 aromatic heterocycles. The minimum Gasteiger partial charge on any atom is -0.321 e. The molecule has 9 nitrogen and oxygen atoms in total. The molecule has 0 atom stereocenters. The van der Waals surface area contributed by atoms with Gasteiger partial charge in [-0.1, -0.05) is 18.2 Å². The summed E-state index contributed by atoms with van der Waals surface area (Å²) in [5, 5.41) is 22.4. The number of nitrogens with one attached hydrogen (secondary N) is 2. The van der Waals surface area contributed by atoms with Crippen LogP contribution in [0.5, 0.6) is 0 Å². The van der Waals surface area contributed by atoms with Crippen LogP contribution < -0.4 is 10.8 Å². The minimum atomic E-state index is -0.662. The average Bonchev–Trinajstić information content (AvgIpc) is 3.21. The fourth-order valence-corrected chi connectivity index (χ4v) is 2.48. The zero-order valence-electron chi connectivity index (χ0n) is 14.3. The van der Waals surface area contributed by atoms with Gasteiger partial charge in [0.1, 0.15) is 6.33 Å². The summed E-state index contributed by atoms with van der Waals surface area (Å²) in [6.07, 6.45) is 4.14. The summed E-state index contributed by atoms with van der Waals surface area (Å²) < 4.78 is 1.52. The molecule has 27 heavy (non-hydrogen) atoms. The average molecular weight is 364 g/mol. The van der Waals surface area contributed by atoms with Crippen LogP contribution in [0.1, 0.15) is 21.5 Å². The molecular weight excluding hydrogens is 348 g/mol. The van der Waals surface area contributed by atoms with E-state index < -0.39 is 5.91 Å². The normalized spacial score (nSPS) is 10.7. The Morgan fingerprint density at radius 2 is 2.00 bits per heavy atom. The van der Waals surface area contributed by atoms with Gasteiger partial charge < -0.3 is 5.32 Å². The van der Waals surface area contributed by atoms with Gasteiger partial charge in [0.25, 0.3) is 11.8 Å². The Bertz CT molecular complexity index is 998. The number of nitrogens with zero attached hydrogens (tertiary/aromatic N) is 4. The van der Waals surface area contributed by atoms with Crippen LogP contribution in [0.3, 0.4) is 0 Å². The Morgan fingerprint density at radius 1 is 1.19 bits per heavy atom. The standard InChI is InChI=1S/C18H16N6O3/c1-12-10-14(6-8-16(12)24-11-19-22-23-24)18(26)20-15-5-3-2-4-13(15)7-9-17(25)21-27/h2-11,27H,1H3,(H,20,26)(H,21,25). The Morgan fingerprint density at radius 3 is 2.70 bits per heavy atom. The van der Waals surface area contributed by atoms with Crippen LogP contribution in [0.4, 0.5) is 5.69 Å². The molecule has 0 saturated heterocycles. The second-order valence-electron chi connectivity index (χ2n) is 5.61. The summed E-state index contributed by atoms with van der Waals surface area (Å²) in [4.78, 5) is 23.8. The Labute approximate surface area is 154 Å². The molecule has 0 aliphatic heterocycles. The van der Waals surface area contributed by atoms with Crippen LogP contribution >= 0.6 is 0 Å². The second-order valence-corrected chi connectivity index (χ2v) is 5.61. The molecule has 0 bridgehead atoms. The van der Waals surface area contributed by atoms with Gasteiger partial charge in [-0.2, -0.15) is 0 Å². The number of para-hydroxylation sites is 1. The van der Waals surface area contributed by atoms with E-state index in [1.807, 2.05) is 6.92 Å². The van der Waals surface area contributed by atoms with Crippen molar-refractivity contribution in [1.29, 1.82) is 0 Å². The van der Waals surface area contributed by atoms with Gasteiger partial charge in [0.05, 0.1) is 5.69 Å². The van der Waals surface area contributed by atoms with E-state index in [1.165, 1.54) is 22.6 Å². The molecule has 2 amide bonds. The van der Waals surface area contributed by atoms with Gasteiger partial charge in [-0.15, -0.1) is 5.10 Å². The third-order valence-electron chi connectivity index (χ3n) is 3.79. The molecule has 0 fully saturated rings. The van der Waals surface area contributed by atoms with E-state index in [2.05, 4.69) is 20.8 Å². The van der Waals surface area contributed by atoms with Gasteiger partial charge in [-0.05, 0) is 58.8 Å². The lowest BCUT2D eigenvalue weighted by molar-refractivity contribution is -0.124. The number of hydroxylamine groups is 1. The van der Waals surface area contributed by atoms with Crippen LogP contribution in [0.25, 0.3) is 11.8 Å². The van der Waals surface area contributed by atoms with Crippen molar-refractivity contribution in [2.75, 3.05) is 5.32 Å². The Kier molecular flexibility index (Phi) is 5.33. The number of aryl methyl sites for hydroxylation is 1. The van der Waals surface area contributed by atoms with Gasteiger partial charge in [0.2, 0.25) is 0 Å². The number of benzene rings is 2. The van der Waals surface area contributed by atoms with E-state index in [4.69, 9.17) is 5.21 Å². The number of tetrazole rings is 1. The lowest BCUT2D eigenvalue weighted by atomic mass is 10.1. The first kappa shape index (κ1) is 18.0. The maximum absolute atomic E-state index is 12.6. The van der Waals surface area contributed by atoms with Gasteiger partial charge >= 0.3 is 0 Å². The highest BCUT2D eigenvalue weighted by molar-refractivity contribution is 6.05. The fraction of sp³-hybridized carbons (Fsp3) is 0.0556. The van der Waals surface area contributed by atoms with Crippen molar-refractivity contribution in [3.63, 3.8) is 0 Å². The lowest BCUT2D eigenvalue weighted by Gasteiger charge is -2.10. The molecule has 0 aliphatic rings. The van der Waals surface area contributed by atoms with E-state index >= 15 is 0 Å². The van der Waals surface area contributed by atoms with Crippen LogP contribution in [-0.4, -0.2) is 37.2 Å². The van der Waals surface area contributed by atoms with E-state index in [0.29, 0.717) is 16.8 Å². The molecule has 9 heteroatoms. The van der Waals surface area contributed by atoms with Crippen molar-refractivity contribution < 1.29 is 14.8 Å². The lowest BCUT2D eigenvalue weighted by Crippen LogP contribution is -2.15. The highest BCUT2D eigenvalue weighted by atomic mass is 16.5. The molecule has 136 valence electrons. The first-order valence-electron chi connectivity index (χ1n) is 7.95. The van der Waals surface area contributed by atoms with E-state index in [9.17, 15) is 9.59 Å². The van der Waals surface area contributed by atoms with Crippen molar-refractivity contribution >= 4 is 23.6 Å². The molecule has 3 N–H and O–H groups in total. The maximum Gasteiger partial charge on any atom is 0.267 e. The Balaban J connectivity index is 1.81. The van der Waals surface area contributed by atoms with Crippen LogP contribution in [-0.2, 0) is 4.79 Å². The predicted octanol–water partition coefficient (Wildman–Crippen LogP) is 1.74. The summed E-state index contributed by atoms with van der Waals surface area (Å²) in [6, 6.07) is 12.2. The van der Waals surface area contributed by atoms with Crippen LogP contribution in [0.2, 0.25) is 0 Å². The SMILES string of the molecule is Cc1cc(C(=O)Nc2ccccc2C=CC(=O)NO)ccc1-n1cnnn1. The quantitative estimate of drug-likeness (QED) is 0.360. The molecule has 1 heterocycles. The van der Waals surface area contributed by atoms with Crippen LogP contribution in [0.15, 0.2) is 54.9 Å². The van der Waals surface area contributed by atoms with Gasteiger partial charge in [-0.3, -0.25) is 14.8 Å². The summed E-state index contributed by atoms with van der Waals surface area (Å²) >= 11 is 0. The number of carbonyl (C=O) groups excluding carboxylic acids is 2. The number of aromatic nitrogens is 4. The third-order valence-corrected chi connectivity index (χ3v) is 3.79. The van der Waals surface area contributed by atoms with Crippen molar-refractivity contribution in [1.82, 2.24) is 25.7 Å². The smallest absolute Gasteiger partial charge is 0.267 e. The highest BCUT2D eigenvalue weighted by Crippen LogP contribution is 2.19. The molecule has 0 aliphatic carbocycles. The molecule has 0 saturated carbocycles. The topological polar surface area (TPSA) is 122 Å². The molecule has 2 aromatic carbocycles.